The molecular weight excluding hydrogens is 677 g/mol. The van der Waals surface area contributed by atoms with Gasteiger partial charge in [-0.2, -0.15) is 0 Å². The first-order valence-corrected chi connectivity index (χ1v) is 20.1. The number of rotatable bonds is 4. The molecule has 3 aliphatic carbocycles. The van der Waals surface area contributed by atoms with E-state index in [-0.39, 0.29) is 22.4 Å². The second kappa shape index (κ2) is 11.5. The Hall–Kier alpha value is -6.12. The van der Waals surface area contributed by atoms with Gasteiger partial charge in [-0.05, 0) is 120 Å². The molecule has 0 spiro atoms. The number of dihydropyridines is 1. The van der Waals surface area contributed by atoms with Crippen molar-refractivity contribution >= 4 is 27.8 Å². The summed E-state index contributed by atoms with van der Waals surface area (Å²) in [7, 11) is 0. The highest BCUT2D eigenvalue weighted by molar-refractivity contribution is 6.05. The molecule has 1 aliphatic heterocycles. The zero-order valence-electron chi connectivity index (χ0n) is 33.0. The molecule has 0 saturated heterocycles. The minimum atomic E-state index is -0.149. The van der Waals surface area contributed by atoms with Crippen molar-refractivity contribution in [1.29, 1.82) is 0 Å². The molecule has 0 saturated carbocycles. The topological polar surface area (TPSA) is 15.3 Å². The van der Waals surface area contributed by atoms with Crippen molar-refractivity contribution < 1.29 is 0 Å². The van der Waals surface area contributed by atoms with Gasteiger partial charge < -0.3 is 10.2 Å². The summed E-state index contributed by atoms with van der Waals surface area (Å²) in [4.78, 5) is 2.53. The maximum atomic E-state index is 4.16. The molecule has 272 valence electrons. The SMILES string of the molecule is CC1(C)c2ccccc2-c2ccc(N(c3ccc4c(c3)C(C)(C)c3ccccc3-4)C3C=CC=C(c4c5c(cc6ccccc46)C(C)(C)c4ccccc4-5)N3)cc21. The van der Waals surface area contributed by atoms with Crippen molar-refractivity contribution in [2.45, 2.75) is 64.0 Å². The summed E-state index contributed by atoms with van der Waals surface area (Å²) in [5.74, 6) is 0. The van der Waals surface area contributed by atoms with E-state index >= 15 is 0 Å². The lowest BCUT2D eigenvalue weighted by atomic mass is 9.81. The molecule has 0 radical (unpaired) electrons. The van der Waals surface area contributed by atoms with Crippen LogP contribution in [0.3, 0.4) is 0 Å². The standard InChI is InChI=1S/C54H46N2/c1-52(2)42-21-12-9-18-37(42)39-28-26-34(31-45(39)52)56(35-27-29-40-38-19-10-13-22-43(38)53(3,4)46(40)32-35)49-25-15-24-48(55-49)51-36-17-8-7-16-33(36)30-47-50(51)41-20-11-14-23-44(41)54(47,5)6/h7-32,49,55H,1-6H3. The smallest absolute Gasteiger partial charge is 0.123 e. The van der Waals surface area contributed by atoms with Crippen LogP contribution in [0.15, 0.2) is 158 Å². The Morgan fingerprint density at radius 2 is 0.929 bits per heavy atom. The summed E-state index contributed by atoms with van der Waals surface area (Å²) < 4.78 is 0. The maximum absolute atomic E-state index is 4.16. The van der Waals surface area contributed by atoms with E-state index in [9.17, 15) is 0 Å². The van der Waals surface area contributed by atoms with Crippen molar-refractivity contribution in [3.8, 4) is 33.4 Å². The molecule has 11 rings (SSSR count). The molecule has 0 aromatic heterocycles. The number of allylic oxidation sites excluding steroid dienone is 2. The first-order valence-electron chi connectivity index (χ1n) is 20.1. The zero-order chi connectivity index (χ0) is 38.1. The van der Waals surface area contributed by atoms with E-state index in [1.165, 1.54) is 94.5 Å². The molecular formula is C54H46N2. The van der Waals surface area contributed by atoms with Gasteiger partial charge in [0.1, 0.15) is 6.17 Å². The van der Waals surface area contributed by atoms with E-state index < -0.39 is 0 Å². The van der Waals surface area contributed by atoms with Gasteiger partial charge in [-0.3, -0.25) is 0 Å². The minimum absolute atomic E-state index is 0.106. The lowest BCUT2D eigenvalue weighted by molar-refractivity contribution is 0.656. The molecule has 7 aromatic rings. The predicted molar refractivity (Wildman–Crippen MR) is 236 cm³/mol. The van der Waals surface area contributed by atoms with Crippen LogP contribution in [-0.4, -0.2) is 6.17 Å². The summed E-state index contributed by atoms with van der Waals surface area (Å²) in [5.41, 5.74) is 20.8. The molecule has 7 aromatic carbocycles. The Morgan fingerprint density at radius 1 is 0.446 bits per heavy atom. The van der Waals surface area contributed by atoms with Crippen molar-refractivity contribution in [3.05, 3.63) is 197 Å². The highest BCUT2D eigenvalue weighted by Crippen LogP contribution is 2.55. The Morgan fingerprint density at radius 3 is 1.54 bits per heavy atom. The van der Waals surface area contributed by atoms with Gasteiger partial charge in [0.15, 0.2) is 0 Å². The highest BCUT2D eigenvalue weighted by Gasteiger charge is 2.40. The zero-order valence-corrected chi connectivity index (χ0v) is 33.0. The van der Waals surface area contributed by atoms with Crippen LogP contribution in [0.4, 0.5) is 11.4 Å². The number of anilines is 2. The van der Waals surface area contributed by atoms with Crippen molar-refractivity contribution in [2.75, 3.05) is 4.90 Å². The third-order valence-electron chi connectivity index (χ3n) is 13.7. The molecule has 1 unspecified atom stereocenters. The first-order chi connectivity index (χ1) is 27.0. The molecule has 2 nitrogen and oxygen atoms in total. The van der Waals surface area contributed by atoms with E-state index in [1.54, 1.807) is 0 Å². The van der Waals surface area contributed by atoms with Gasteiger partial charge in [0, 0.05) is 38.9 Å². The van der Waals surface area contributed by atoms with Crippen LogP contribution in [-0.2, 0) is 16.2 Å². The predicted octanol–water partition coefficient (Wildman–Crippen LogP) is 13.4. The maximum Gasteiger partial charge on any atom is 0.123 e. The summed E-state index contributed by atoms with van der Waals surface area (Å²) in [6.07, 6.45) is 6.73. The summed E-state index contributed by atoms with van der Waals surface area (Å²) in [6, 6.07) is 52.6. The van der Waals surface area contributed by atoms with Gasteiger partial charge in [-0.15, -0.1) is 0 Å². The van der Waals surface area contributed by atoms with E-state index in [2.05, 4.69) is 210 Å². The molecule has 0 amide bonds. The van der Waals surface area contributed by atoms with Gasteiger partial charge in [-0.25, -0.2) is 0 Å². The minimum Gasteiger partial charge on any atom is -0.361 e. The van der Waals surface area contributed by atoms with Crippen LogP contribution in [0, 0.1) is 0 Å². The molecule has 56 heavy (non-hydrogen) atoms. The number of hydrogen-bond donors (Lipinski definition) is 1. The van der Waals surface area contributed by atoms with Crippen molar-refractivity contribution in [1.82, 2.24) is 5.32 Å². The third-order valence-corrected chi connectivity index (χ3v) is 13.7. The van der Waals surface area contributed by atoms with Crippen LogP contribution in [0.5, 0.6) is 0 Å². The average molecular weight is 723 g/mol. The molecule has 1 atom stereocenters. The fraction of sp³-hybridized carbons (Fsp3) is 0.185. The molecule has 0 bridgehead atoms. The van der Waals surface area contributed by atoms with E-state index in [0.717, 1.165) is 5.70 Å². The Labute approximate surface area is 330 Å². The van der Waals surface area contributed by atoms with Crippen LogP contribution < -0.4 is 10.2 Å². The second-order valence-corrected chi connectivity index (χ2v) is 17.8. The van der Waals surface area contributed by atoms with E-state index in [0.29, 0.717) is 0 Å². The Kier molecular flexibility index (Phi) is 6.80. The van der Waals surface area contributed by atoms with E-state index in [4.69, 9.17) is 0 Å². The number of hydrogen-bond acceptors (Lipinski definition) is 2. The Balaban J connectivity index is 1.09. The summed E-state index contributed by atoms with van der Waals surface area (Å²) in [5, 5.41) is 6.70. The molecule has 1 N–H and O–H groups in total. The third kappa shape index (κ3) is 4.44. The number of nitrogens with one attached hydrogen (secondary N) is 1. The average Bonchev–Trinajstić information content (AvgIpc) is 3.69. The number of fused-ring (bicyclic) bond motifs is 10. The number of benzene rings is 7. The summed E-state index contributed by atoms with van der Waals surface area (Å²) >= 11 is 0. The largest absolute Gasteiger partial charge is 0.361 e. The fourth-order valence-corrected chi connectivity index (χ4v) is 10.8. The molecule has 0 fully saturated rings. The lowest BCUT2D eigenvalue weighted by Gasteiger charge is -2.37. The van der Waals surface area contributed by atoms with Crippen LogP contribution in [0.1, 0.15) is 80.5 Å². The van der Waals surface area contributed by atoms with Gasteiger partial charge in [0.25, 0.3) is 0 Å². The fourth-order valence-electron chi connectivity index (χ4n) is 10.8. The van der Waals surface area contributed by atoms with Crippen molar-refractivity contribution in [2.24, 2.45) is 0 Å². The van der Waals surface area contributed by atoms with Crippen molar-refractivity contribution in [3.63, 3.8) is 0 Å². The van der Waals surface area contributed by atoms with Gasteiger partial charge in [0.05, 0.1) is 0 Å². The lowest BCUT2D eigenvalue weighted by Crippen LogP contribution is -2.42. The van der Waals surface area contributed by atoms with Gasteiger partial charge >= 0.3 is 0 Å². The second-order valence-electron chi connectivity index (χ2n) is 17.8. The summed E-state index contributed by atoms with van der Waals surface area (Å²) in [6.45, 7) is 14.3. The normalized spacial score (nSPS) is 18.2. The van der Waals surface area contributed by atoms with Crippen LogP contribution in [0.2, 0.25) is 0 Å². The first kappa shape index (κ1) is 33.2. The molecule has 4 aliphatic rings. The monoisotopic (exact) mass is 722 g/mol. The van der Waals surface area contributed by atoms with Gasteiger partial charge in [0.2, 0.25) is 0 Å². The van der Waals surface area contributed by atoms with Gasteiger partial charge in [-0.1, -0.05) is 157 Å². The molecule has 1 heterocycles. The quantitative estimate of drug-likeness (QED) is 0.195. The number of nitrogens with zero attached hydrogens (tertiary/aromatic N) is 1. The van der Waals surface area contributed by atoms with Crippen LogP contribution in [0.25, 0.3) is 49.9 Å². The molecule has 2 heteroatoms. The van der Waals surface area contributed by atoms with Crippen LogP contribution >= 0.6 is 0 Å². The Bertz CT molecular complexity index is 2770. The van der Waals surface area contributed by atoms with E-state index in [1.807, 2.05) is 0 Å². The highest BCUT2D eigenvalue weighted by atomic mass is 15.3.